The Balaban J connectivity index is 2.83. The maximum absolute atomic E-state index is 4.09. The lowest BCUT2D eigenvalue weighted by Crippen LogP contribution is -2.12. The molecule has 1 aliphatic rings. The van der Waals surface area contributed by atoms with Crippen LogP contribution >= 0.6 is 22.6 Å². The molecule has 0 spiro atoms. The molecule has 0 bridgehead atoms. The van der Waals surface area contributed by atoms with Crippen molar-refractivity contribution in [3.8, 4) is 0 Å². The van der Waals surface area contributed by atoms with Crippen LogP contribution in [0.3, 0.4) is 0 Å². The van der Waals surface area contributed by atoms with Gasteiger partial charge in [0.05, 0.1) is 9.42 Å². The van der Waals surface area contributed by atoms with Gasteiger partial charge in [-0.25, -0.2) is 4.99 Å². The van der Waals surface area contributed by atoms with E-state index in [1.54, 1.807) is 0 Å². The van der Waals surface area contributed by atoms with Crippen molar-refractivity contribution >= 4 is 34.1 Å². The lowest BCUT2D eigenvalue weighted by molar-refractivity contribution is 1.05. The summed E-state index contributed by atoms with van der Waals surface area (Å²) in [6.45, 7) is 9.33. The molecule has 0 unspecified atom stereocenters. The standard InChI is InChI=1S/C7H8IN3/c1-4-5(2)10-11-7(4)9-6(3)8/h1,3H2,2H3,(H,9,11). The average molecular weight is 261 g/mol. The van der Waals surface area contributed by atoms with Crippen LogP contribution in [0.25, 0.3) is 0 Å². The van der Waals surface area contributed by atoms with Gasteiger partial charge in [0.1, 0.15) is 0 Å². The molecule has 0 amide bonds. The van der Waals surface area contributed by atoms with E-state index >= 15 is 0 Å². The Morgan fingerprint density at radius 2 is 2.36 bits per heavy atom. The van der Waals surface area contributed by atoms with Crippen LogP contribution in [0.15, 0.2) is 32.5 Å². The van der Waals surface area contributed by atoms with Crippen LogP contribution in [-0.2, 0) is 0 Å². The highest BCUT2D eigenvalue weighted by atomic mass is 127. The van der Waals surface area contributed by atoms with Crippen LogP contribution in [0.4, 0.5) is 0 Å². The summed E-state index contributed by atoms with van der Waals surface area (Å²) in [7, 11) is 0. The smallest absolute Gasteiger partial charge is 0.155 e. The lowest BCUT2D eigenvalue weighted by Gasteiger charge is -1.95. The molecule has 0 aromatic heterocycles. The summed E-state index contributed by atoms with van der Waals surface area (Å²) in [4.78, 5) is 4.09. The van der Waals surface area contributed by atoms with Gasteiger partial charge in [0.15, 0.2) is 5.84 Å². The second-order valence-electron chi connectivity index (χ2n) is 2.12. The number of amidine groups is 1. The second kappa shape index (κ2) is 3.17. The number of nitrogens with one attached hydrogen (secondary N) is 1. The first-order valence-corrected chi connectivity index (χ1v) is 4.12. The van der Waals surface area contributed by atoms with Crippen molar-refractivity contribution in [1.82, 2.24) is 5.43 Å². The summed E-state index contributed by atoms with van der Waals surface area (Å²) in [6.07, 6.45) is 0. The highest BCUT2D eigenvalue weighted by molar-refractivity contribution is 14.1. The summed E-state index contributed by atoms with van der Waals surface area (Å²) in [5, 5.41) is 3.94. The van der Waals surface area contributed by atoms with E-state index < -0.39 is 0 Å². The molecule has 1 heterocycles. The van der Waals surface area contributed by atoms with Crippen molar-refractivity contribution in [3.63, 3.8) is 0 Å². The van der Waals surface area contributed by atoms with Crippen LogP contribution in [0.5, 0.6) is 0 Å². The molecule has 0 aromatic carbocycles. The maximum Gasteiger partial charge on any atom is 0.155 e. The van der Waals surface area contributed by atoms with Crippen LogP contribution < -0.4 is 5.43 Å². The van der Waals surface area contributed by atoms with E-state index in [9.17, 15) is 0 Å². The van der Waals surface area contributed by atoms with Gasteiger partial charge in [-0.15, -0.1) is 0 Å². The first-order chi connectivity index (χ1) is 5.11. The number of nitrogens with zero attached hydrogens (tertiary/aromatic N) is 2. The number of hydrogen-bond donors (Lipinski definition) is 1. The molecule has 0 saturated carbocycles. The normalized spacial score (nSPS) is 20.0. The topological polar surface area (TPSA) is 36.8 Å². The molecular formula is C7H8IN3. The molecular weight excluding hydrogens is 253 g/mol. The average Bonchev–Trinajstić information content (AvgIpc) is 2.18. The maximum atomic E-state index is 4.09. The van der Waals surface area contributed by atoms with Gasteiger partial charge in [0.25, 0.3) is 0 Å². The number of aliphatic imine (C=N–C) groups is 1. The van der Waals surface area contributed by atoms with Crippen molar-refractivity contribution < 1.29 is 0 Å². The minimum atomic E-state index is 0.696. The van der Waals surface area contributed by atoms with Crippen LogP contribution in [0.2, 0.25) is 0 Å². The molecule has 0 saturated heterocycles. The van der Waals surface area contributed by atoms with E-state index in [1.807, 2.05) is 29.5 Å². The molecule has 11 heavy (non-hydrogen) atoms. The van der Waals surface area contributed by atoms with Gasteiger partial charge in [0.2, 0.25) is 0 Å². The van der Waals surface area contributed by atoms with Gasteiger partial charge in [0, 0.05) is 5.57 Å². The molecule has 1 aliphatic heterocycles. The van der Waals surface area contributed by atoms with Crippen molar-refractivity contribution in [1.29, 1.82) is 0 Å². The first kappa shape index (κ1) is 8.45. The first-order valence-electron chi connectivity index (χ1n) is 3.04. The zero-order valence-corrected chi connectivity index (χ0v) is 8.34. The number of hydrogen-bond acceptors (Lipinski definition) is 2. The van der Waals surface area contributed by atoms with Gasteiger partial charge in [-0.3, -0.25) is 5.43 Å². The third-order valence-corrected chi connectivity index (χ3v) is 1.53. The van der Waals surface area contributed by atoms with Crippen molar-refractivity contribution in [2.45, 2.75) is 6.92 Å². The Bertz CT molecular complexity index is 275. The van der Waals surface area contributed by atoms with E-state index in [2.05, 4.69) is 28.7 Å². The number of halogens is 1. The van der Waals surface area contributed by atoms with Gasteiger partial charge in [-0.1, -0.05) is 13.2 Å². The van der Waals surface area contributed by atoms with Crippen molar-refractivity contribution in [3.05, 3.63) is 22.4 Å². The van der Waals surface area contributed by atoms with E-state index in [1.165, 1.54) is 0 Å². The highest BCUT2D eigenvalue weighted by Crippen LogP contribution is 2.09. The molecule has 0 atom stereocenters. The molecule has 3 nitrogen and oxygen atoms in total. The predicted octanol–water partition coefficient (Wildman–Crippen LogP) is 1.83. The second-order valence-corrected chi connectivity index (χ2v) is 3.37. The summed E-state index contributed by atoms with van der Waals surface area (Å²) in [5.41, 5.74) is 4.47. The van der Waals surface area contributed by atoms with Gasteiger partial charge in [-0.2, -0.15) is 5.10 Å². The van der Waals surface area contributed by atoms with E-state index in [-0.39, 0.29) is 0 Å². The molecule has 4 heteroatoms. The quantitative estimate of drug-likeness (QED) is 0.567. The third kappa shape index (κ3) is 1.89. The zero-order valence-electron chi connectivity index (χ0n) is 6.19. The number of hydrazone groups is 1. The zero-order chi connectivity index (χ0) is 8.43. The largest absolute Gasteiger partial charge is 0.261 e. The SMILES string of the molecule is C=C(I)/N=C1/NN=C(C)C1=C. The van der Waals surface area contributed by atoms with Crippen LogP contribution in [0, 0.1) is 0 Å². The fraction of sp³-hybridized carbons (Fsp3) is 0.143. The van der Waals surface area contributed by atoms with Gasteiger partial charge in [-0.05, 0) is 29.5 Å². The molecule has 1 rings (SSSR count). The summed E-state index contributed by atoms with van der Waals surface area (Å²) >= 11 is 2.04. The summed E-state index contributed by atoms with van der Waals surface area (Å²) in [5.74, 6) is 0.696. The van der Waals surface area contributed by atoms with Gasteiger partial charge >= 0.3 is 0 Å². The van der Waals surface area contributed by atoms with E-state index in [0.717, 1.165) is 15.0 Å². The van der Waals surface area contributed by atoms with E-state index in [0.29, 0.717) is 5.84 Å². The van der Waals surface area contributed by atoms with E-state index in [4.69, 9.17) is 0 Å². The fourth-order valence-corrected chi connectivity index (χ4v) is 0.898. The van der Waals surface area contributed by atoms with Crippen molar-refractivity contribution in [2.75, 3.05) is 0 Å². The predicted molar refractivity (Wildman–Crippen MR) is 56.0 cm³/mol. The molecule has 1 N–H and O–H groups in total. The fourth-order valence-electron chi connectivity index (χ4n) is 0.657. The number of rotatable bonds is 1. The highest BCUT2D eigenvalue weighted by Gasteiger charge is 2.13. The Morgan fingerprint density at radius 1 is 1.73 bits per heavy atom. The Hall–Kier alpha value is -0.650. The Labute approximate surface area is 79.1 Å². The lowest BCUT2D eigenvalue weighted by atomic mass is 10.2. The van der Waals surface area contributed by atoms with Crippen molar-refractivity contribution in [2.24, 2.45) is 10.1 Å². The molecule has 58 valence electrons. The minimum absolute atomic E-state index is 0.696. The Kier molecular flexibility index (Phi) is 2.43. The third-order valence-electron chi connectivity index (χ3n) is 1.29. The Morgan fingerprint density at radius 3 is 2.73 bits per heavy atom. The summed E-state index contributed by atoms with van der Waals surface area (Å²) in [6, 6.07) is 0. The summed E-state index contributed by atoms with van der Waals surface area (Å²) < 4.78 is 0.719. The molecule has 0 aliphatic carbocycles. The molecule has 0 fully saturated rings. The van der Waals surface area contributed by atoms with Crippen LogP contribution in [-0.4, -0.2) is 11.5 Å². The monoisotopic (exact) mass is 261 g/mol. The minimum Gasteiger partial charge on any atom is -0.261 e. The van der Waals surface area contributed by atoms with Crippen LogP contribution in [0.1, 0.15) is 6.92 Å². The van der Waals surface area contributed by atoms with Gasteiger partial charge < -0.3 is 0 Å². The molecule has 0 aromatic rings. The molecule has 0 radical (unpaired) electrons.